The minimum absolute atomic E-state index is 0.0914. The van der Waals surface area contributed by atoms with E-state index in [2.05, 4.69) is 0 Å². The summed E-state index contributed by atoms with van der Waals surface area (Å²) in [5.41, 5.74) is 5.23. The molecule has 1 aliphatic heterocycles. The highest BCUT2D eigenvalue weighted by Gasteiger charge is 2.30. The normalized spacial score (nSPS) is 27.4. The zero-order chi connectivity index (χ0) is 7.72. The molecule has 5 nitrogen and oxygen atoms in total. The van der Waals surface area contributed by atoms with E-state index in [-0.39, 0.29) is 11.5 Å². The van der Waals surface area contributed by atoms with Crippen LogP contribution in [0.25, 0.3) is 0 Å². The topological polar surface area (TPSA) is 83.6 Å². The van der Waals surface area contributed by atoms with Crippen molar-refractivity contribution in [3.05, 3.63) is 0 Å². The zero-order valence-electron chi connectivity index (χ0n) is 5.28. The number of hydrogen-bond donors (Lipinski definition) is 2. The highest BCUT2D eigenvalue weighted by molar-refractivity contribution is 5.98. The molecule has 1 rings (SSSR count). The molecule has 0 radical (unpaired) electrons. The molecular weight excluding hydrogens is 136 g/mol. The van der Waals surface area contributed by atoms with Crippen LogP contribution >= 0.6 is 0 Å². The largest absolute Gasteiger partial charge is 0.320 e. The molecule has 1 fully saturated rings. The summed E-state index contributed by atoms with van der Waals surface area (Å²) in [6.45, 7) is 0. The standard InChI is InChI=1S/C5H8N2O3/c6-3-1-2-4(8)7(10)5(3)9/h3,10H,1-2,6H2. The average Bonchev–Trinajstić information content (AvgIpc) is 1.93. The molecular formula is C5H8N2O3. The smallest absolute Gasteiger partial charge is 0.270 e. The molecule has 0 aromatic rings. The summed E-state index contributed by atoms with van der Waals surface area (Å²) in [6, 6.07) is -0.720. The molecule has 2 amide bonds. The van der Waals surface area contributed by atoms with Crippen molar-refractivity contribution in [1.29, 1.82) is 0 Å². The van der Waals surface area contributed by atoms with E-state index in [4.69, 9.17) is 10.9 Å². The van der Waals surface area contributed by atoms with Crippen molar-refractivity contribution in [3.8, 4) is 0 Å². The van der Waals surface area contributed by atoms with E-state index >= 15 is 0 Å². The van der Waals surface area contributed by atoms with E-state index in [1.54, 1.807) is 0 Å². The Morgan fingerprint density at radius 3 is 2.70 bits per heavy atom. The quantitative estimate of drug-likeness (QED) is 0.332. The van der Waals surface area contributed by atoms with Crippen LogP contribution in [-0.2, 0) is 9.59 Å². The summed E-state index contributed by atoms with van der Waals surface area (Å²) in [4.78, 5) is 21.2. The first-order valence-corrected chi connectivity index (χ1v) is 2.94. The van der Waals surface area contributed by atoms with Gasteiger partial charge in [-0.25, -0.2) is 0 Å². The Morgan fingerprint density at radius 2 is 2.20 bits per heavy atom. The second-order valence-corrected chi connectivity index (χ2v) is 2.19. The number of hydroxylamine groups is 2. The lowest BCUT2D eigenvalue weighted by atomic mass is 10.1. The molecule has 0 aliphatic carbocycles. The number of rotatable bonds is 0. The first kappa shape index (κ1) is 7.17. The maximum atomic E-state index is 10.7. The molecule has 0 aromatic heterocycles. The summed E-state index contributed by atoms with van der Waals surface area (Å²) in [7, 11) is 0. The molecule has 3 N–H and O–H groups in total. The van der Waals surface area contributed by atoms with Crippen molar-refractivity contribution >= 4 is 11.8 Å². The van der Waals surface area contributed by atoms with Gasteiger partial charge in [-0.05, 0) is 6.42 Å². The number of piperidine rings is 1. The second-order valence-electron chi connectivity index (χ2n) is 2.19. The van der Waals surface area contributed by atoms with Crippen LogP contribution in [0.1, 0.15) is 12.8 Å². The van der Waals surface area contributed by atoms with E-state index in [0.29, 0.717) is 6.42 Å². The molecule has 0 aromatic carbocycles. The molecule has 1 heterocycles. The van der Waals surface area contributed by atoms with Crippen molar-refractivity contribution < 1.29 is 14.8 Å². The van der Waals surface area contributed by atoms with Gasteiger partial charge in [0.2, 0.25) is 0 Å². The Hall–Kier alpha value is -0.940. The number of imide groups is 1. The summed E-state index contributed by atoms with van der Waals surface area (Å²) >= 11 is 0. The molecule has 1 atom stereocenters. The Bertz CT molecular complexity index is 180. The van der Waals surface area contributed by atoms with Crippen LogP contribution < -0.4 is 5.73 Å². The second kappa shape index (κ2) is 2.36. The summed E-state index contributed by atoms with van der Waals surface area (Å²) in [5.74, 6) is -1.29. The minimum atomic E-state index is -0.720. The molecule has 0 saturated carbocycles. The Kier molecular flexibility index (Phi) is 1.69. The SMILES string of the molecule is NC1CCC(=O)N(O)C1=O. The zero-order valence-corrected chi connectivity index (χ0v) is 5.28. The number of hydrogen-bond acceptors (Lipinski definition) is 4. The highest BCUT2D eigenvalue weighted by Crippen LogP contribution is 2.08. The van der Waals surface area contributed by atoms with Gasteiger partial charge in [0.1, 0.15) is 0 Å². The van der Waals surface area contributed by atoms with E-state index in [1.807, 2.05) is 0 Å². The van der Waals surface area contributed by atoms with Crippen molar-refractivity contribution in [2.24, 2.45) is 5.73 Å². The number of carbonyl (C=O) groups is 2. The van der Waals surface area contributed by atoms with Crippen LogP contribution in [-0.4, -0.2) is 28.1 Å². The fraction of sp³-hybridized carbons (Fsp3) is 0.600. The van der Waals surface area contributed by atoms with Gasteiger partial charge in [0, 0.05) is 6.42 Å². The Morgan fingerprint density at radius 1 is 1.60 bits per heavy atom. The van der Waals surface area contributed by atoms with E-state index in [9.17, 15) is 9.59 Å². The van der Waals surface area contributed by atoms with Crippen molar-refractivity contribution in [1.82, 2.24) is 5.06 Å². The van der Waals surface area contributed by atoms with E-state index in [0.717, 1.165) is 0 Å². The van der Waals surface area contributed by atoms with Gasteiger partial charge in [-0.2, -0.15) is 5.06 Å². The summed E-state index contributed by atoms with van der Waals surface area (Å²) in [6.07, 6.45) is 0.470. The fourth-order valence-corrected chi connectivity index (χ4v) is 0.788. The van der Waals surface area contributed by atoms with Gasteiger partial charge in [-0.15, -0.1) is 0 Å². The highest BCUT2D eigenvalue weighted by atomic mass is 16.5. The van der Waals surface area contributed by atoms with Crippen LogP contribution in [0.15, 0.2) is 0 Å². The molecule has 5 heteroatoms. The van der Waals surface area contributed by atoms with Gasteiger partial charge >= 0.3 is 0 Å². The van der Waals surface area contributed by atoms with Crippen molar-refractivity contribution in [2.75, 3.05) is 0 Å². The van der Waals surface area contributed by atoms with Gasteiger partial charge < -0.3 is 5.73 Å². The van der Waals surface area contributed by atoms with Gasteiger partial charge in [0.05, 0.1) is 6.04 Å². The molecule has 10 heavy (non-hydrogen) atoms. The maximum absolute atomic E-state index is 10.7. The minimum Gasteiger partial charge on any atom is -0.320 e. The Labute approximate surface area is 57.4 Å². The molecule has 1 unspecified atom stereocenters. The van der Waals surface area contributed by atoms with Crippen molar-refractivity contribution in [2.45, 2.75) is 18.9 Å². The van der Waals surface area contributed by atoms with E-state index in [1.165, 1.54) is 0 Å². The number of nitrogens with zero attached hydrogens (tertiary/aromatic N) is 1. The van der Waals surface area contributed by atoms with Gasteiger partial charge in [-0.3, -0.25) is 14.8 Å². The van der Waals surface area contributed by atoms with Gasteiger partial charge in [0.15, 0.2) is 0 Å². The average molecular weight is 144 g/mol. The van der Waals surface area contributed by atoms with E-state index < -0.39 is 17.9 Å². The number of nitrogens with two attached hydrogens (primary N) is 1. The lowest BCUT2D eigenvalue weighted by molar-refractivity contribution is -0.184. The van der Waals surface area contributed by atoms with Gasteiger partial charge in [0.25, 0.3) is 11.8 Å². The summed E-state index contributed by atoms with van der Waals surface area (Å²) in [5, 5.41) is 8.76. The number of carbonyl (C=O) groups excluding carboxylic acids is 2. The first-order valence-electron chi connectivity index (χ1n) is 2.94. The van der Waals surface area contributed by atoms with Crippen LogP contribution in [0.2, 0.25) is 0 Å². The van der Waals surface area contributed by atoms with Gasteiger partial charge in [-0.1, -0.05) is 0 Å². The van der Waals surface area contributed by atoms with Crippen molar-refractivity contribution in [3.63, 3.8) is 0 Å². The first-order chi connectivity index (χ1) is 4.63. The molecule has 0 spiro atoms. The molecule has 56 valence electrons. The lowest BCUT2D eigenvalue weighted by Gasteiger charge is -2.22. The van der Waals surface area contributed by atoms with Crippen LogP contribution in [0.4, 0.5) is 0 Å². The predicted molar refractivity (Wildman–Crippen MR) is 30.8 cm³/mol. The third kappa shape index (κ3) is 1.01. The summed E-state index contributed by atoms with van der Waals surface area (Å²) < 4.78 is 0. The fourth-order valence-electron chi connectivity index (χ4n) is 0.788. The van der Waals surface area contributed by atoms with Crippen LogP contribution in [0.3, 0.4) is 0 Å². The lowest BCUT2D eigenvalue weighted by Crippen LogP contribution is -2.49. The monoisotopic (exact) mass is 144 g/mol. The predicted octanol–water partition coefficient (Wildman–Crippen LogP) is -1.15. The third-order valence-corrected chi connectivity index (χ3v) is 1.43. The van der Waals surface area contributed by atoms with Crippen LogP contribution in [0, 0.1) is 0 Å². The maximum Gasteiger partial charge on any atom is 0.270 e. The number of amides is 2. The molecule has 0 bridgehead atoms. The molecule has 1 aliphatic rings. The molecule has 1 saturated heterocycles. The Balaban J connectivity index is 2.70. The third-order valence-electron chi connectivity index (χ3n) is 1.43. The van der Waals surface area contributed by atoms with Crippen LogP contribution in [0.5, 0.6) is 0 Å².